The Labute approximate surface area is 82.9 Å². The fraction of sp³-hybridized carbons (Fsp3) is 0.364. The molecule has 0 saturated carbocycles. The first-order valence-corrected chi connectivity index (χ1v) is 4.50. The first-order valence-electron chi connectivity index (χ1n) is 4.50. The SMILES string of the molecule is Cc1ccc(F)c(C)c1C(=O)C(C)N. The molecular formula is C11H14FNO. The number of aryl methyl sites for hydroxylation is 1. The lowest BCUT2D eigenvalue weighted by Crippen LogP contribution is -2.28. The van der Waals surface area contributed by atoms with Crippen molar-refractivity contribution >= 4 is 5.78 Å². The van der Waals surface area contributed by atoms with Crippen LogP contribution in [-0.2, 0) is 0 Å². The zero-order valence-corrected chi connectivity index (χ0v) is 8.60. The van der Waals surface area contributed by atoms with E-state index in [9.17, 15) is 9.18 Å². The molecular weight excluding hydrogens is 181 g/mol. The Kier molecular flexibility index (Phi) is 3.01. The van der Waals surface area contributed by atoms with Crippen LogP contribution >= 0.6 is 0 Å². The molecule has 0 aliphatic heterocycles. The van der Waals surface area contributed by atoms with E-state index in [1.807, 2.05) is 0 Å². The fourth-order valence-electron chi connectivity index (χ4n) is 1.43. The minimum Gasteiger partial charge on any atom is -0.321 e. The summed E-state index contributed by atoms with van der Waals surface area (Å²) in [7, 11) is 0. The number of Topliss-reactive ketones (excluding diaryl/α,β-unsaturated/α-hetero) is 1. The van der Waals surface area contributed by atoms with Crippen molar-refractivity contribution in [2.75, 3.05) is 0 Å². The van der Waals surface area contributed by atoms with Gasteiger partial charge in [-0.3, -0.25) is 4.79 Å². The second-order valence-electron chi connectivity index (χ2n) is 3.52. The lowest BCUT2D eigenvalue weighted by atomic mass is 9.96. The molecule has 2 nitrogen and oxygen atoms in total. The molecule has 0 fully saturated rings. The average molecular weight is 195 g/mol. The number of benzene rings is 1. The van der Waals surface area contributed by atoms with Gasteiger partial charge in [-0.25, -0.2) is 4.39 Å². The van der Waals surface area contributed by atoms with Gasteiger partial charge in [-0.15, -0.1) is 0 Å². The highest BCUT2D eigenvalue weighted by atomic mass is 19.1. The molecule has 1 aromatic rings. The summed E-state index contributed by atoms with van der Waals surface area (Å²) in [4.78, 5) is 11.6. The normalized spacial score (nSPS) is 12.6. The van der Waals surface area contributed by atoms with Crippen LogP contribution < -0.4 is 5.73 Å². The minimum atomic E-state index is -0.589. The maximum absolute atomic E-state index is 13.2. The number of carbonyl (C=O) groups excluding carboxylic acids is 1. The molecule has 0 bridgehead atoms. The van der Waals surface area contributed by atoms with Gasteiger partial charge in [0.05, 0.1) is 6.04 Å². The predicted molar refractivity (Wildman–Crippen MR) is 53.9 cm³/mol. The standard InChI is InChI=1S/C11H14FNO/c1-6-4-5-9(12)7(2)10(6)11(14)8(3)13/h4-5,8H,13H2,1-3H3. The number of halogens is 1. The Balaban J connectivity index is 3.33. The van der Waals surface area contributed by atoms with Gasteiger partial charge in [0.1, 0.15) is 5.82 Å². The monoisotopic (exact) mass is 195 g/mol. The van der Waals surface area contributed by atoms with Gasteiger partial charge >= 0.3 is 0 Å². The Morgan fingerprint density at radius 1 is 1.43 bits per heavy atom. The van der Waals surface area contributed by atoms with E-state index in [4.69, 9.17) is 5.73 Å². The number of hydrogen-bond donors (Lipinski definition) is 1. The van der Waals surface area contributed by atoms with Crippen LogP contribution in [-0.4, -0.2) is 11.8 Å². The van der Waals surface area contributed by atoms with E-state index in [0.717, 1.165) is 5.56 Å². The lowest BCUT2D eigenvalue weighted by molar-refractivity contribution is 0.0966. The summed E-state index contributed by atoms with van der Waals surface area (Å²) in [5.74, 6) is -0.570. The minimum absolute atomic E-state index is 0.209. The zero-order chi connectivity index (χ0) is 10.9. The van der Waals surface area contributed by atoms with Gasteiger partial charge in [-0.2, -0.15) is 0 Å². The van der Waals surface area contributed by atoms with Crippen molar-refractivity contribution in [3.05, 3.63) is 34.6 Å². The first-order chi connectivity index (χ1) is 6.45. The van der Waals surface area contributed by atoms with E-state index in [-0.39, 0.29) is 11.6 Å². The number of hydrogen-bond acceptors (Lipinski definition) is 2. The maximum Gasteiger partial charge on any atom is 0.179 e. The Morgan fingerprint density at radius 2 is 2.00 bits per heavy atom. The summed E-state index contributed by atoms with van der Waals surface area (Å²) >= 11 is 0. The number of carbonyl (C=O) groups is 1. The van der Waals surface area contributed by atoms with Gasteiger partial charge in [0, 0.05) is 5.56 Å². The second-order valence-corrected chi connectivity index (χ2v) is 3.52. The molecule has 0 aliphatic rings. The molecule has 0 aromatic heterocycles. The Morgan fingerprint density at radius 3 is 2.50 bits per heavy atom. The van der Waals surface area contributed by atoms with Gasteiger partial charge in [0.25, 0.3) is 0 Å². The third-order valence-corrected chi connectivity index (χ3v) is 2.27. The van der Waals surface area contributed by atoms with E-state index in [2.05, 4.69) is 0 Å². The third kappa shape index (κ3) is 1.82. The van der Waals surface area contributed by atoms with Crippen LogP contribution in [0.15, 0.2) is 12.1 Å². The molecule has 1 atom stereocenters. The molecule has 0 radical (unpaired) electrons. The van der Waals surface area contributed by atoms with Gasteiger partial charge in [-0.05, 0) is 38.0 Å². The van der Waals surface area contributed by atoms with E-state index in [0.29, 0.717) is 11.1 Å². The molecule has 0 heterocycles. The Bertz CT molecular complexity index is 372. The van der Waals surface area contributed by atoms with Crippen LogP contribution in [0, 0.1) is 19.7 Å². The van der Waals surface area contributed by atoms with Crippen molar-refractivity contribution in [1.29, 1.82) is 0 Å². The topological polar surface area (TPSA) is 43.1 Å². The van der Waals surface area contributed by atoms with Crippen LogP contribution in [0.4, 0.5) is 4.39 Å². The van der Waals surface area contributed by atoms with Crippen LogP contribution in [0.25, 0.3) is 0 Å². The smallest absolute Gasteiger partial charge is 0.179 e. The molecule has 76 valence electrons. The number of rotatable bonds is 2. The van der Waals surface area contributed by atoms with Crippen LogP contribution in [0.5, 0.6) is 0 Å². The number of nitrogens with two attached hydrogens (primary N) is 1. The molecule has 0 saturated heterocycles. The lowest BCUT2D eigenvalue weighted by Gasteiger charge is -2.11. The van der Waals surface area contributed by atoms with E-state index in [1.54, 1.807) is 26.8 Å². The zero-order valence-electron chi connectivity index (χ0n) is 8.60. The summed E-state index contributed by atoms with van der Waals surface area (Å²) in [6.07, 6.45) is 0. The van der Waals surface area contributed by atoms with Gasteiger partial charge in [-0.1, -0.05) is 6.07 Å². The third-order valence-electron chi connectivity index (χ3n) is 2.27. The van der Waals surface area contributed by atoms with Crippen LogP contribution in [0.3, 0.4) is 0 Å². The number of ketones is 1. The van der Waals surface area contributed by atoms with Crippen LogP contribution in [0.1, 0.15) is 28.4 Å². The summed E-state index contributed by atoms with van der Waals surface area (Å²) in [5.41, 5.74) is 7.05. The first kappa shape index (κ1) is 10.9. The average Bonchev–Trinajstić information content (AvgIpc) is 2.12. The molecule has 0 aliphatic carbocycles. The highest BCUT2D eigenvalue weighted by molar-refractivity contribution is 6.02. The highest BCUT2D eigenvalue weighted by Crippen LogP contribution is 2.18. The molecule has 0 amide bonds. The molecule has 1 unspecified atom stereocenters. The van der Waals surface area contributed by atoms with E-state index < -0.39 is 6.04 Å². The van der Waals surface area contributed by atoms with Crippen LogP contribution in [0.2, 0.25) is 0 Å². The quantitative estimate of drug-likeness (QED) is 0.733. The second kappa shape index (κ2) is 3.88. The van der Waals surface area contributed by atoms with Gasteiger partial charge < -0.3 is 5.73 Å². The summed E-state index contributed by atoms with van der Waals surface area (Å²) in [5, 5.41) is 0. The maximum atomic E-state index is 13.2. The largest absolute Gasteiger partial charge is 0.321 e. The van der Waals surface area contributed by atoms with Gasteiger partial charge in [0.2, 0.25) is 0 Å². The van der Waals surface area contributed by atoms with Gasteiger partial charge in [0.15, 0.2) is 5.78 Å². The molecule has 1 aromatic carbocycles. The van der Waals surface area contributed by atoms with Crippen molar-refractivity contribution in [2.45, 2.75) is 26.8 Å². The molecule has 1 rings (SSSR count). The fourth-order valence-corrected chi connectivity index (χ4v) is 1.43. The van der Waals surface area contributed by atoms with Crippen molar-refractivity contribution in [3.8, 4) is 0 Å². The van der Waals surface area contributed by atoms with E-state index >= 15 is 0 Å². The van der Waals surface area contributed by atoms with Crippen molar-refractivity contribution < 1.29 is 9.18 Å². The summed E-state index contributed by atoms with van der Waals surface area (Å²) in [6, 6.07) is 2.37. The molecule has 3 heteroatoms. The molecule has 0 spiro atoms. The van der Waals surface area contributed by atoms with Crippen molar-refractivity contribution in [2.24, 2.45) is 5.73 Å². The van der Waals surface area contributed by atoms with Crippen molar-refractivity contribution in [3.63, 3.8) is 0 Å². The molecule has 2 N–H and O–H groups in total. The summed E-state index contributed by atoms with van der Waals surface area (Å²) < 4.78 is 13.2. The van der Waals surface area contributed by atoms with Crippen molar-refractivity contribution in [1.82, 2.24) is 0 Å². The Hall–Kier alpha value is -1.22. The predicted octanol–water partition coefficient (Wildman–Crippen LogP) is 1.97. The summed E-state index contributed by atoms with van der Waals surface area (Å²) in [6.45, 7) is 4.98. The molecule has 14 heavy (non-hydrogen) atoms. The highest BCUT2D eigenvalue weighted by Gasteiger charge is 2.17. The van der Waals surface area contributed by atoms with E-state index in [1.165, 1.54) is 6.07 Å².